The molecule has 0 bridgehead atoms. The fraction of sp³-hybridized carbons (Fsp3) is 0.368. The molecule has 2 aromatic rings. The van der Waals surface area contributed by atoms with Gasteiger partial charge in [-0.25, -0.2) is 0 Å². The van der Waals surface area contributed by atoms with Gasteiger partial charge in [-0.2, -0.15) is 0 Å². The minimum absolute atomic E-state index is 0.0183. The zero-order valence-corrected chi connectivity index (χ0v) is 14.7. The zero-order valence-electron chi connectivity index (χ0n) is 13.9. The maximum atomic E-state index is 12.5. The number of benzene rings is 1. The van der Waals surface area contributed by atoms with Gasteiger partial charge in [-0.15, -0.1) is 11.3 Å². The van der Waals surface area contributed by atoms with Gasteiger partial charge < -0.3 is 4.90 Å². The van der Waals surface area contributed by atoms with Gasteiger partial charge in [-0.3, -0.25) is 14.5 Å². The molecule has 4 nitrogen and oxygen atoms in total. The zero-order chi connectivity index (χ0) is 16.9. The first-order valence-electron chi connectivity index (χ1n) is 8.30. The second kappa shape index (κ2) is 7.73. The fourth-order valence-corrected chi connectivity index (χ4v) is 3.77. The predicted octanol–water partition coefficient (Wildman–Crippen LogP) is 2.95. The van der Waals surface area contributed by atoms with Crippen molar-refractivity contribution in [2.24, 2.45) is 0 Å². The van der Waals surface area contributed by atoms with E-state index in [1.54, 1.807) is 12.1 Å². The Labute approximate surface area is 146 Å². The number of piperazine rings is 1. The van der Waals surface area contributed by atoms with Gasteiger partial charge >= 0.3 is 0 Å². The normalized spacial score (nSPS) is 15.5. The number of hydrogen-bond acceptors (Lipinski definition) is 4. The fourth-order valence-electron chi connectivity index (χ4n) is 2.90. The van der Waals surface area contributed by atoms with E-state index in [4.69, 9.17) is 0 Å². The number of rotatable bonds is 5. The molecule has 0 radical (unpaired) electrons. The molecule has 1 aromatic heterocycles. The van der Waals surface area contributed by atoms with Crippen LogP contribution in [0, 0.1) is 0 Å². The summed E-state index contributed by atoms with van der Waals surface area (Å²) >= 11 is 1.30. The molecule has 1 amide bonds. The molecule has 0 atom stereocenters. The second-order valence-corrected chi connectivity index (χ2v) is 7.17. The van der Waals surface area contributed by atoms with E-state index in [-0.39, 0.29) is 11.7 Å². The lowest BCUT2D eigenvalue weighted by Crippen LogP contribution is -2.48. The Bertz CT molecular complexity index is 703. The van der Waals surface area contributed by atoms with Crippen LogP contribution >= 0.6 is 11.3 Å². The third-order valence-corrected chi connectivity index (χ3v) is 5.56. The lowest BCUT2D eigenvalue weighted by molar-refractivity contribution is 0.0643. The third kappa shape index (κ3) is 4.10. The molecule has 1 fully saturated rings. The van der Waals surface area contributed by atoms with Crippen molar-refractivity contribution >= 4 is 23.0 Å². The average Bonchev–Trinajstić information content (AvgIpc) is 3.11. The quantitative estimate of drug-likeness (QED) is 0.785. The van der Waals surface area contributed by atoms with E-state index in [1.807, 2.05) is 11.0 Å². The summed E-state index contributed by atoms with van der Waals surface area (Å²) in [6.07, 6.45) is 1.04. The summed E-state index contributed by atoms with van der Waals surface area (Å²) in [6.45, 7) is 5.88. The number of carbonyl (C=O) groups excluding carboxylic acids is 2. The van der Waals surface area contributed by atoms with Crippen molar-refractivity contribution < 1.29 is 9.59 Å². The van der Waals surface area contributed by atoms with Gasteiger partial charge in [0, 0.05) is 32.7 Å². The number of hydrogen-bond donors (Lipinski definition) is 0. The first kappa shape index (κ1) is 16.9. The maximum absolute atomic E-state index is 12.5. The molecule has 1 aliphatic heterocycles. The van der Waals surface area contributed by atoms with Crippen molar-refractivity contribution in [3.05, 3.63) is 57.8 Å². The summed E-state index contributed by atoms with van der Waals surface area (Å²) in [6, 6.07) is 14.0. The number of Topliss-reactive ketones (excluding diaryl/α,β-unsaturated/α-hetero) is 1. The minimum Gasteiger partial charge on any atom is -0.335 e. The summed E-state index contributed by atoms with van der Waals surface area (Å²) < 4.78 is 0. The molecule has 0 spiro atoms. The van der Waals surface area contributed by atoms with Crippen LogP contribution in [0.25, 0.3) is 0 Å². The highest BCUT2D eigenvalue weighted by Gasteiger charge is 2.23. The van der Waals surface area contributed by atoms with Crippen LogP contribution in [0.5, 0.6) is 0 Å². The largest absolute Gasteiger partial charge is 0.335 e. The first-order valence-corrected chi connectivity index (χ1v) is 9.11. The molecule has 0 saturated carbocycles. The Hall–Kier alpha value is -1.98. The monoisotopic (exact) mass is 342 g/mol. The Balaban J connectivity index is 1.49. The smallest absolute Gasteiger partial charge is 0.264 e. The van der Waals surface area contributed by atoms with Gasteiger partial charge in [0.15, 0.2) is 5.78 Å². The molecule has 0 N–H and O–H groups in total. The lowest BCUT2D eigenvalue weighted by Gasteiger charge is -2.34. The van der Waals surface area contributed by atoms with Gasteiger partial charge in [0.05, 0.1) is 9.75 Å². The van der Waals surface area contributed by atoms with E-state index >= 15 is 0 Å². The van der Waals surface area contributed by atoms with Gasteiger partial charge in [0.25, 0.3) is 5.91 Å². The van der Waals surface area contributed by atoms with Crippen LogP contribution < -0.4 is 0 Å². The van der Waals surface area contributed by atoms with Gasteiger partial charge in [0.1, 0.15) is 0 Å². The standard InChI is InChI=1S/C19H22N2O2S/c1-15(22)17-7-8-18(24-17)19(23)21-13-11-20(12-14-21)10-9-16-5-3-2-4-6-16/h2-8H,9-14H2,1H3. The molecule has 126 valence electrons. The SMILES string of the molecule is CC(=O)c1ccc(C(=O)N2CCN(CCc3ccccc3)CC2)s1. The summed E-state index contributed by atoms with van der Waals surface area (Å²) in [7, 11) is 0. The molecule has 3 rings (SSSR count). The van der Waals surface area contributed by atoms with Crippen LogP contribution in [0.15, 0.2) is 42.5 Å². The molecular weight excluding hydrogens is 320 g/mol. The van der Waals surface area contributed by atoms with Crippen molar-refractivity contribution in [3.63, 3.8) is 0 Å². The molecular formula is C19H22N2O2S. The number of amides is 1. The highest BCUT2D eigenvalue weighted by atomic mass is 32.1. The van der Waals surface area contributed by atoms with Crippen molar-refractivity contribution in [3.8, 4) is 0 Å². The number of thiophene rings is 1. The van der Waals surface area contributed by atoms with Gasteiger partial charge in [0.2, 0.25) is 0 Å². The van der Waals surface area contributed by atoms with E-state index in [0.29, 0.717) is 9.75 Å². The first-order chi connectivity index (χ1) is 11.6. The van der Waals surface area contributed by atoms with Crippen LogP contribution in [0.2, 0.25) is 0 Å². The second-order valence-electron chi connectivity index (χ2n) is 6.09. The maximum Gasteiger partial charge on any atom is 0.264 e. The molecule has 0 unspecified atom stereocenters. The van der Waals surface area contributed by atoms with E-state index in [9.17, 15) is 9.59 Å². The molecule has 1 aromatic carbocycles. The summed E-state index contributed by atoms with van der Waals surface area (Å²) in [5.74, 6) is 0.0694. The number of ketones is 1. The van der Waals surface area contributed by atoms with E-state index in [0.717, 1.165) is 39.1 Å². The van der Waals surface area contributed by atoms with E-state index in [1.165, 1.54) is 23.8 Å². The van der Waals surface area contributed by atoms with Gasteiger partial charge in [-0.05, 0) is 31.0 Å². The van der Waals surface area contributed by atoms with Crippen LogP contribution in [-0.2, 0) is 6.42 Å². The molecule has 1 saturated heterocycles. The lowest BCUT2D eigenvalue weighted by atomic mass is 10.1. The van der Waals surface area contributed by atoms with Crippen LogP contribution in [-0.4, -0.2) is 54.2 Å². The van der Waals surface area contributed by atoms with E-state index in [2.05, 4.69) is 29.2 Å². The van der Waals surface area contributed by atoms with Crippen molar-refractivity contribution in [1.82, 2.24) is 9.80 Å². The molecule has 5 heteroatoms. The van der Waals surface area contributed by atoms with Crippen LogP contribution in [0.4, 0.5) is 0 Å². The highest BCUT2D eigenvalue weighted by molar-refractivity contribution is 7.15. The minimum atomic E-state index is 0.0183. The van der Waals surface area contributed by atoms with E-state index < -0.39 is 0 Å². The highest BCUT2D eigenvalue weighted by Crippen LogP contribution is 2.19. The van der Waals surface area contributed by atoms with Crippen LogP contribution in [0.3, 0.4) is 0 Å². The Morgan fingerprint density at radius 1 is 0.958 bits per heavy atom. The molecule has 0 aliphatic carbocycles. The Morgan fingerprint density at radius 2 is 1.62 bits per heavy atom. The van der Waals surface area contributed by atoms with Gasteiger partial charge in [-0.1, -0.05) is 30.3 Å². The van der Waals surface area contributed by atoms with Crippen molar-refractivity contribution in [1.29, 1.82) is 0 Å². The Kier molecular flexibility index (Phi) is 5.43. The van der Waals surface area contributed by atoms with Crippen molar-refractivity contribution in [2.45, 2.75) is 13.3 Å². The number of nitrogens with zero attached hydrogens (tertiary/aromatic N) is 2. The molecule has 2 heterocycles. The summed E-state index contributed by atoms with van der Waals surface area (Å²) in [4.78, 5) is 29.5. The Morgan fingerprint density at radius 3 is 2.25 bits per heavy atom. The summed E-state index contributed by atoms with van der Waals surface area (Å²) in [5, 5.41) is 0. The topological polar surface area (TPSA) is 40.6 Å². The van der Waals surface area contributed by atoms with Crippen LogP contribution in [0.1, 0.15) is 31.8 Å². The average molecular weight is 342 g/mol. The summed E-state index contributed by atoms with van der Waals surface area (Å²) in [5.41, 5.74) is 1.35. The third-order valence-electron chi connectivity index (χ3n) is 4.38. The molecule has 1 aliphatic rings. The predicted molar refractivity (Wildman–Crippen MR) is 96.8 cm³/mol. The van der Waals surface area contributed by atoms with Crippen molar-refractivity contribution in [2.75, 3.05) is 32.7 Å². The molecule has 24 heavy (non-hydrogen) atoms. The number of carbonyl (C=O) groups is 2.